The molecule has 0 saturated carbocycles. The number of sulfonamides is 1. The molecule has 0 spiro atoms. The van der Waals surface area contributed by atoms with Crippen LogP contribution in [0.3, 0.4) is 0 Å². The van der Waals surface area contributed by atoms with Crippen molar-refractivity contribution in [2.75, 3.05) is 16.7 Å². The van der Waals surface area contributed by atoms with E-state index in [9.17, 15) is 13.2 Å². The fourth-order valence-corrected chi connectivity index (χ4v) is 3.95. The first-order valence-electron chi connectivity index (χ1n) is 8.50. The summed E-state index contributed by atoms with van der Waals surface area (Å²) in [6, 6.07) is 19.8. The normalized spacial score (nSPS) is 11.1. The van der Waals surface area contributed by atoms with Gasteiger partial charge in [0.1, 0.15) is 0 Å². The number of nitrogens with one attached hydrogen (secondary N) is 1. The number of rotatable bonds is 5. The molecule has 3 aromatic rings. The zero-order valence-electron chi connectivity index (χ0n) is 15.4. The standard InChI is InChI=1S/C21H19ClN2O3S/c1-15-6-12-19(13-7-15)24(2)28(26,27)20-5-3-4-16(14-20)21(25)23-18-10-8-17(22)9-11-18/h3-14H,1-2H3,(H,23,25). The minimum absolute atomic E-state index is 0.0410. The van der Waals surface area contributed by atoms with Gasteiger partial charge < -0.3 is 5.32 Å². The number of benzene rings is 3. The Hall–Kier alpha value is -2.83. The summed E-state index contributed by atoms with van der Waals surface area (Å²) in [5, 5.41) is 3.29. The maximum Gasteiger partial charge on any atom is 0.264 e. The minimum atomic E-state index is -3.80. The van der Waals surface area contributed by atoms with E-state index in [1.165, 1.54) is 23.5 Å². The third-order valence-electron chi connectivity index (χ3n) is 4.25. The quantitative estimate of drug-likeness (QED) is 0.656. The summed E-state index contributed by atoms with van der Waals surface area (Å²) in [5.74, 6) is -0.405. The highest BCUT2D eigenvalue weighted by atomic mass is 35.5. The number of aryl methyl sites for hydroxylation is 1. The van der Waals surface area contributed by atoms with Gasteiger partial charge in [-0.25, -0.2) is 8.42 Å². The zero-order valence-corrected chi connectivity index (χ0v) is 17.0. The van der Waals surface area contributed by atoms with E-state index in [-0.39, 0.29) is 10.5 Å². The van der Waals surface area contributed by atoms with Gasteiger partial charge in [-0.2, -0.15) is 0 Å². The van der Waals surface area contributed by atoms with Crippen molar-refractivity contribution >= 4 is 38.9 Å². The van der Waals surface area contributed by atoms with Gasteiger partial charge >= 0.3 is 0 Å². The highest BCUT2D eigenvalue weighted by molar-refractivity contribution is 7.92. The molecule has 0 aliphatic heterocycles. The monoisotopic (exact) mass is 414 g/mol. The van der Waals surface area contributed by atoms with E-state index in [1.54, 1.807) is 48.5 Å². The summed E-state index contributed by atoms with van der Waals surface area (Å²) in [6.45, 7) is 1.93. The number of hydrogen-bond acceptors (Lipinski definition) is 3. The number of carbonyl (C=O) groups excluding carboxylic acids is 1. The van der Waals surface area contributed by atoms with Crippen LogP contribution in [-0.4, -0.2) is 21.4 Å². The lowest BCUT2D eigenvalue weighted by Gasteiger charge is -2.20. The van der Waals surface area contributed by atoms with Crippen LogP contribution in [0.5, 0.6) is 0 Å². The van der Waals surface area contributed by atoms with Crippen LogP contribution >= 0.6 is 11.6 Å². The van der Waals surface area contributed by atoms with Gasteiger partial charge in [-0.05, 0) is 61.5 Å². The van der Waals surface area contributed by atoms with Crippen LogP contribution in [0.4, 0.5) is 11.4 Å². The van der Waals surface area contributed by atoms with Gasteiger partial charge in [0.2, 0.25) is 0 Å². The van der Waals surface area contributed by atoms with Crippen molar-refractivity contribution in [1.82, 2.24) is 0 Å². The van der Waals surface area contributed by atoms with Crippen molar-refractivity contribution in [3.05, 3.63) is 88.9 Å². The summed E-state index contributed by atoms with van der Waals surface area (Å²) in [6.07, 6.45) is 0. The third-order valence-corrected chi connectivity index (χ3v) is 6.29. The Balaban J connectivity index is 1.86. The van der Waals surface area contributed by atoms with Crippen molar-refractivity contribution < 1.29 is 13.2 Å². The van der Waals surface area contributed by atoms with Gasteiger partial charge in [-0.15, -0.1) is 0 Å². The van der Waals surface area contributed by atoms with Crippen LogP contribution in [0.1, 0.15) is 15.9 Å². The van der Waals surface area contributed by atoms with Crippen molar-refractivity contribution in [2.24, 2.45) is 0 Å². The van der Waals surface area contributed by atoms with Crippen molar-refractivity contribution in [3.63, 3.8) is 0 Å². The van der Waals surface area contributed by atoms with E-state index >= 15 is 0 Å². The van der Waals surface area contributed by atoms with Crippen LogP contribution in [0.15, 0.2) is 77.7 Å². The number of halogens is 1. The predicted octanol–water partition coefficient (Wildman–Crippen LogP) is 4.73. The molecular formula is C21H19ClN2O3S. The van der Waals surface area contributed by atoms with Crippen LogP contribution in [-0.2, 0) is 10.0 Å². The summed E-state index contributed by atoms with van der Waals surface area (Å²) in [7, 11) is -2.32. The molecule has 28 heavy (non-hydrogen) atoms. The predicted molar refractivity (Wildman–Crippen MR) is 113 cm³/mol. The summed E-state index contributed by atoms with van der Waals surface area (Å²) >= 11 is 5.84. The molecule has 1 N–H and O–H groups in total. The van der Waals surface area contributed by atoms with E-state index in [2.05, 4.69) is 5.32 Å². The smallest absolute Gasteiger partial charge is 0.264 e. The Kier molecular flexibility index (Phi) is 5.72. The number of nitrogens with zero attached hydrogens (tertiary/aromatic N) is 1. The molecular weight excluding hydrogens is 396 g/mol. The SMILES string of the molecule is Cc1ccc(N(C)S(=O)(=O)c2cccc(C(=O)Nc3ccc(Cl)cc3)c2)cc1. The molecule has 3 rings (SSSR count). The molecule has 0 saturated heterocycles. The van der Waals surface area contributed by atoms with Gasteiger partial charge in [0.15, 0.2) is 0 Å². The van der Waals surface area contributed by atoms with Crippen molar-refractivity contribution in [2.45, 2.75) is 11.8 Å². The molecule has 0 radical (unpaired) electrons. The van der Waals surface area contributed by atoms with E-state index in [1.807, 2.05) is 19.1 Å². The second-order valence-corrected chi connectivity index (χ2v) is 8.70. The number of carbonyl (C=O) groups is 1. The molecule has 0 aromatic heterocycles. The molecule has 0 aliphatic rings. The molecule has 5 nitrogen and oxygen atoms in total. The second kappa shape index (κ2) is 8.04. The van der Waals surface area contributed by atoms with E-state index in [4.69, 9.17) is 11.6 Å². The van der Waals surface area contributed by atoms with Gasteiger partial charge in [0.25, 0.3) is 15.9 Å². The van der Waals surface area contributed by atoms with E-state index in [0.29, 0.717) is 16.4 Å². The van der Waals surface area contributed by atoms with Gasteiger partial charge in [-0.3, -0.25) is 9.10 Å². The minimum Gasteiger partial charge on any atom is -0.322 e. The lowest BCUT2D eigenvalue weighted by Crippen LogP contribution is -2.26. The Morgan fingerprint density at radius 3 is 2.25 bits per heavy atom. The second-order valence-electron chi connectivity index (χ2n) is 6.30. The first-order chi connectivity index (χ1) is 13.3. The van der Waals surface area contributed by atoms with Gasteiger partial charge in [-0.1, -0.05) is 35.4 Å². The molecule has 0 unspecified atom stereocenters. The van der Waals surface area contributed by atoms with Crippen LogP contribution in [0, 0.1) is 6.92 Å². The lowest BCUT2D eigenvalue weighted by atomic mass is 10.2. The molecule has 7 heteroatoms. The van der Waals surface area contributed by atoms with Gasteiger partial charge in [0, 0.05) is 23.3 Å². The Bertz CT molecular complexity index is 1100. The fraction of sp³-hybridized carbons (Fsp3) is 0.0952. The largest absolute Gasteiger partial charge is 0.322 e. The van der Waals surface area contributed by atoms with Gasteiger partial charge in [0.05, 0.1) is 10.6 Å². The first-order valence-corrected chi connectivity index (χ1v) is 10.3. The summed E-state index contributed by atoms with van der Waals surface area (Å²) in [4.78, 5) is 12.5. The Morgan fingerprint density at radius 2 is 1.61 bits per heavy atom. The Labute approximate surface area is 169 Å². The summed E-state index contributed by atoms with van der Waals surface area (Å²) < 4.78 is 27.1. The molecule has 0 atom stereocenters. The fourth-order valence-electron chi connectivity index (χ4n) is 2.59. The summed E-state index contributed by atoms with van der Waals surface area (Å²) in [5.41, 5.74) is 2.39. The molecule has 0 fully saturated rings. The van der Waals surface area contributed by atoms with Crippen LogP contribution < -0.4 is 9.62 Å². The number of anilines is 2. The average molecular weight is 415 g/mol. The molecule has 144 valence electrons. The lowest BCUT2D eigenvalue weighted by molar-refractivity contribution is 0.102. The number of amides is 1. The third kappa shape index (κ3) is 4.35. The highest BCUT2D eigenvalue weighted by Crippen LogP contribution is 2.23. The first kappa shape index (κ1) is 19.9. The zero-order chi connectivity index (χ0) is 20.3. The maximum atomic E-state index is 13.0. The molecule has 0 bridgehead atoms. The topological polar surface area (TPSA) is 66.5 Å². The van der Waals surface area contributed by atoms with Crippen molar-refractivity contribution in [1.29, 1.82) is 0 Å². The molecule has 0 aliphatic carbocycles. The van der Waals surface area contributed by atoms with E-state index in [0.717, 1.165) is 5.56 Å². The molecule has 0 heterocycles. The number of hydrogen-bond donors (Lipinski definition) is 1. The maximum absolute atomic E-state index is 13.0. The highest BCUT2D eigenvalue weighted by Gasteiger charge is 2.22. The van der Waals surface area contributed by atoms with E-state index < -0.39 is 15.9 Å². The van der Waals surface area contributed by atoms with Crippen LogP contribution in [0.2, 0.25) is 5.02 Å². The molecule has 3 aromatic carbocycles. The average Bonchev–Trinajstić information content (AvgIpc) is 2.70. The molecule has 1 amide bonds. The van der Waals surface area contributed by atoms with Crippen LogP contribution in [0.25, 0.3) is 0 Å². The van der Waals surface area contributed by atoms with Crippen molar-refractivity contribution in [3.8, 4) is 0 Å². The Morgan fingerprint density at radius 1 is 0.964 bits per heavy atom.